The number of sulfonamides is 1. The van der Waals surface area contributed by atoms with Crippen molar-refractivity contribution in [3.8, 4) is 0 Å². The fourth-order valence-corrected chi connectivity index (χ4v) is 3.71. The highest BCUT2D eigenvalue weighted by molar-refractivity contribution is 7.89. The normalized spacial score (nSPS) is 16.2. The van der Waals surface area contributed by atoms with Crippen molar-refractivity contribution < 1.29 is 8.42 Å². The lowest BCUT2D eigenvalue weighted by molar-refractivity contribution is 0.409. The molecular formula is C13H24N4O2S. The monoisotopic (exact) mass is 300 g/mol. The van der Waals surface area contributed by atoms with Gasteiger partial charge in [-0.15, -0.1) is 0 Å². The predicted octanol–water partition coefficient (Wildman–Crippen LogP) is 1.33. The second-order valence-corrected chi connectivity index (χ2v) is 7.53. The van der Waals surface area contributed by atoms with Gasteiger partial charge in [0.2, 0.25) is 0 Å². The molecule has 1 saturated carbocycles. The largest absolute Gasteiger partial charge is 0.310 e. The molecule has 0 aliphatic heterocycles. The van der Waals surface area contributed by atoms with Gasteiger partial charge in [0, 0.05) is 31.2 Å². The van der Waals surface area contributed by atoms with E-state index in [0.717, 1.165) is 12.8 Å². The maximum absolute atomic E-state index is 12.7. The van der Waals surface area contributed by atoms with Crippen LogP contribution in [0.1, 0.15) is 39.2 Å². The van der Waals surface area contributed by atoms with E-state index >= 15 is 0 Å². The molecule has 0 aromatic carbocycles. The molecule has 20 heavy (non-hydrogen) atoms. The van der Waals surface area contributed by atoms with Gasteiger partial charge in [-0.1, -0.05) is 20.8 Å². The SMILES string of the molecule is CCN(CC1CC1)S(=O)(=O)c1[nH]ncc1CNC(C)C. The third-order valence-corrected chi connectivity index (χ3v) is 5.44. The van der Waals surface area contributed by atoms with Gasteiger partial charge in [-0.05, 0) is 18.8 Å². The molecule has 0 bridgehead atoms. The number of nitrogens with one attached hydrogen (secondary N) is 2. The Kier molecular flexibility index (Phi) is 4.82. The Morgan fingerprint density at radius 1 is 1.50 bits per heavy atom. The number of aromatic amines is 1. The average molecular weight is 300 g/mol. The standard InChI is InChI=1S/C13H24N4O2S/c1-4-17(9-11-5-6-11)20(18,19)13-12(8-15-16-13)7-14-10(2)3/h8,10-11,14H,4-7,9H2,1-3H3,(H,15,16). The van der Waals surface area contributed by atoms with Crippen LogP contribution in [0.2, 0.25) is 0 Å². The number of nitrogens with zero attached hydrogens (tertiary/aromatic N) is 2. The maximum Gasteiger partial charge on any atom is 0.260 e. The first-order chi connectivity index (χ1) is 9.45. The molecule has 1 aliphatic rings. The summed E-state index contributed by atoms with van der Waals surface area (Å²) < 4.78 is 26.9. The number of aromatic nitrogens is 2. The highest BCUT2D eigenvalue weighted by Gasteiger charge is 2.32. The van der Waals surface area contributed by atoms with Crippen LogP contribution in [0, 0.1) is 5.92 Å². The minimum absolute atomic E-state index is 0.230. The summed E-state index contributed by atoms with van der Waals surface area (Å²) in [5.74, 6) is 0.532. The molecule has 1 aromatic heterocycles. The van der Waals surface area contributed by atoms with Gasteiger partial charge < -0.3 is 5.32 Å². The van der Waals surface area contributed by atoms with Crippen LogP contribution in [-0.4, -0.2) is 42.1 Å². The molecule has 7 heteroatoms. The number of hydrogen-bond donors (Lipinski definition) is 2. The molecule has 0 radical (unpaired) electrons. The van der Waals surface area contributed by atoms with Gasteiger partial charge >= 0.3 is 0 Å². The second kappa shape index (κ2) is 6.24. The lowest BCUT2D eigenvalue weighted by atomic mass is 10.3. The van der Waals surface area contributed by atoms with Gasteiger partial charge in [-0.25, -0.2) is 8.42 Å². The lowest BCUT2D eigenvalue weighted by Gasteiger charge is -2.20. The highest BCUT2D eigenvalue weighted by Crippen LogP contribution is 2.31. The maximum atomic E-state index is 12.7. The van der Waals surface area contributed by atoms with Crippen molar-refractivity contribution in [3.05, 3.63) is 11.8 Å². The number of H-pyrrole nitrogens is 1. The first-order valence-electron chi connectivity index (χ1n) is 7.21. The summed E-state index contributed by atoms with van der Waals surface area (Å²) in [6.07, 6.45) is 3.86. The van der Waals surface area contributed by atoms with E-state index in [1.54, 1.807) is 10.5 Å². The second-order valence-electron chi connectivity index (χ2n) is 5.66. The molecule has 1 fully saturated rings. The Labute approximate surface area is 121 Å². The zero-order chi connectivity index (χ0) is 14.8. The van der Waals surface area contributed by atoms with Crippen LogP contribution in [0.25, 0.3) is 0 Å². The summed E-state index contributed by atoms with van der Waals surface area (Å²) >= 11 is 0. The summed E-state index contributed by atoms with van der Waals surface area (Å²) in [6.45, 7) is 7.55. The molecule has 0 atom stereocenters. The van der Waals surface area contributed by atoms with Gasteiger partial charge in [0.05, 0.1) is 6.20 Å². The Hall–Kier alpha value is -0.920. The van der Waals surface area contributed by atoms with Crippen LogP contribution in [0.5, 0.6) is 0 Å². The average Bonchev–Trinajstić information content (AvgIpc) is 3.07. The van der Waals surface area contributed by atoms with Crippen LogP contribution in [0.15, 0.2) is 11.2 Å². The Bertz CT molecular complexity index is 534. The van der Waals surface area contributed by atoms with Gasteiger partial charge in [-0.2, -0.15) is 9.40 Å². The van der Waals surface area contributed by atoms with Crippen molar-refractivity contribution in [1.82, 2.24) is 19.8 Å². The zero-order valence-corrected chi connectivity index (χ0v) is 13.2. The highest BCUT2D eigenvalue weighted by atomic mass is 32.2. The summed E-state index contributed by atoms with van der Waals surface area (Å²) in [6, 6.07) is 0.300. The molecule has 0 unspecified atom stereocenters. The van der Waals surface area contributed by atoms with Crippen LogP contribution in [-0.2, 0) is 16.6 Å². The first-order valence-corrected chi connectivity index (χ1v) is 8.65. The molecule has 1 aliphatic carbocycles. The van der Waals surface area contributed by atoms with Crippen LogP contribution in [0.4, 0.5) is 0 Å². The van der Waals surface area contributed by atoms with E-state index < -0.39 is 10.0 Å². The summed E-state index contributed by atoms with van der Waals surface area (Å²) in [5.41, 5.74) is 0.702. The van der Waals surface area contributed by atoms with Crippen LogP contribution < -0.4 is 5.32 Å². The van der Waals surface area contributed by atoms with Crippen LogP contribution >= 0.6 is 0 Å². The van der Waals surface area contributed by atoms with Crippen molar-refractivity contribution in [3.63, 3.8) is 0 Å². The zero-order valence-electron chi connectivity index (χ0n) is 12.4. The van der Waals surface area contributed by atoms with E-state index in [1.807, 2.05) is 20.8 Å². The number of hydrogen-bond acceptors (Lipinski definition) is 4. The molecule has 6 nitrogen and oxygen atoms in total. The van der Waals surface area contributed by atoms with E-state index in [4.69, 9.17) is 0 Å². The van der Waals surface area contributed by atoms with Gasteiger partial charge in [-0.3, -0.25) is 5.10 Å². The molecule has 114 valence electrons. The van der Waals surface area contributed by atoms with Crippen molar-refractivity contribution in [2.24, 2.45) is 5.92 Å². The van der Waals surface area contributed by atoms with E-state index in [2.05, 4.69) is 15.5 Å². The third kappa shape index (κ3) is 3.59. The quantitative estimate of drug-likeness (QED) is 0.759. The predicted molar refractivity (Wildman–Crippen MR) is 77.7 cm³/mol. The Morgan fingerprint density at radius 3 is 2.75 bits per heavy atom. The van der Waals surface area contributed by atoms with Gasteiger partial charge in [0.25, 0.3) is 10.0 Å². The van der Waals surface area contributed by atoms with Crippen molar-refractivity contribution in [2.45, 2.75) is 51.2 Å². The van der Waals surface area contributed by atoms with E-state index in [0.29, 0.717) is 37.2 Å². The molecule has 1 aromatic rings. The molecular weight excluding hydrogens is 276 g/mol. The molecule has 0 spiro atoms. The fraction of sp³-hybridized carbons (Fsp3) is 0.769. The topological polar surface area (TPSA) is 78.1 Å². The lowest BCUT2D eigenvalue weighted by Crippen LogP contribution is -2.34. The van der Waals surface area contributed by atoms with E-state index in [9.17, 15) is 8.42 Å². The van der Waals surface area contributed by atoms with E-state index in [1.165, 1.54) is 0 Å². The summed E-state index contributed by atoms with van der Waals surface area (Å²) in [5, 5.41) is 10.0. The smallest absolute Gasteiger partial charge is 0.260 e. The molecule has 0 saturated heterocycles. The molecule has 2 rings (SSSR count). The minimum Gasteiger partial charge on any atom is -0.310 e. The first kappa shape index (κ1) is 15.5. The van der Waals surface area contributed by atoms with E-state index in [-0.39, 0.29) is 5.03 Å². The van der Waals surface area contributed by atoms with Crippen molar-refractivity contribution in [1.29, 1.82) is 0 Å². The third-order valence-electron chi connectivity index (χ3n) is 3.49. The van der Waals surface area contributed by atoms with Gasteiger partial charge in [0.15, 0.2) is 5.03 Å². The summed E-state index contributed by atoms with van der Waals surface area (Å²) in [4.78, 5) is 0. The fourth-order valence-electron chi connectivity index (χ4n) is 2.08. The summed E-state index contributed by atoms with van der Waals surface area (Å²) in [7, 11) is -3.47. The molecule has 2 N–H and O–H groups in total. The minimum atomic E-state index is -3.47. The van der Waals surface area contributed by atoms with Crippen molar-refractivity contribution >= 4 is 10.0 Å². The van der Waals surface area contributed by atoms with Crippen LogP contribution in [0.3, 0.4) is 0 Å². The number of rotatable bonds is 8. The van der Waals surface area contributed by atoms with Gasteiger partial charge in [0.1, 0.15) is 0 Å². The molecule has 0 amide bonds. The Balaban J connectivity index is 2.17. The van der Waals surface area contributed by atoms with Crippen molar-refractivity contribution in [2.75, 3.05) is 13.1 Å². The Morgan fingerprint density at radius 2 is 2.20 bits per heavy atom. The molecule has 1 heterocycles.